The van der Waals surface area contributed by atoms with Gasteiger partial charge in [-0.2, -0.15) is 4.98 Å². The van der Waals surface area contributed by atoms with E-state index in [4.69, 9.17) is 5.73 Å². The molecular formula is C8H13N5. The highest BCUT2D eigenvalue weighted by atomic mass is 15.2. The molecular weight excluding hydrogens is 166 g/mol. The predicted octanol–water partition coefficient (Wildman–Crippen LogP) is 0.830. The molecule has 0 amide bonds. The summed E-state index contributed by atoms with van der Waals surface area (Å²) in [5.74, 6) is 0.727. The molecule has 5 heteroatoms. The summed E-state index contributed by atoms with van der Waals surface area (Å²) in [6, 6.07) is 0.249. The fourth-order valence-corrected chi connectivity index (χ4v) is 0.908. The highest BCUT2D eigenvalue weighted by molar-refractivity contribution is 5.29. The molecule has 1 aromatic heterocycles. The Labute approximate surface area is 77.1 Å². The van der Waals surface area contributed by atoms with Gasteiger partial charge in [0.05, 0.1) is 0 Å². The molecule has 0 aliphatic heterocycles. The fraction of sp³-hybridized carbons (Fsp3) is 0.375. The maximum absolute atomic E-state index is 5.39. The van der Waals surface area contributed by atoms with Gasteiger partial charge in [-0.3, -0.25) is 0 Å². The standard InChI is InChI=1S/C8H13N5/c1-3-4-6(2)12-8-11-5-10-7(9)13-8/h3,5-6H,1,4H2,2H3,(H3,9,10,11,12,13). The molecule has 0 aliphatic carbocycles. The number of nitrogen functional groups attached to an aromatic ring is 1. The van der Waals surface area contributed by atoms with Crippen LogP contribution in [0.15, 0.2) is 19.0 Å². The molecule has 1 aromatic rings. The van der Waals surface area contributed by atoms with Gasteiger partial charge in [-0.05, 0) is 13.3 Å². The van der Waals surface area contributed by atoms with Crippen LogP contribution in [0.3, 0.4) is 0 Å². The van der Waals surface area contributed by atoms with Gasteiger partial charge in [0.1, 0.15) is 6.33 Å². The summed E-state index contributed by atoms with van der Waals surface area (Å²) in [7, 11) is 0. The van der Waals surface area contributed by atoms with Crippen LogP contribution < -0.4 is 11.1 Å². The van der Waals surface area contributed by atoms with Crippen molar-refractivity contribution >= 4 is 11.9 Å². The van der Waals surface area contributed by atoms with Gasteiger partial charge in [-0.25, -0.2) is 9.97 Å². The Morgan fingerprint density at radius 2 is 2.46 bits per heavy atom. The third-order valence-corrected chi connectivity index (χ3v) is 1.49. The van der Waals surface area contributed by atoms with E-state index >= 15 is 0 Å². The van der Waals surface area contributed by atoms with Gasteiger partial charge in [0.2, 0.25) is 11.9 Å². The summed E-state index contributed by atoms with van der Waals surface area (Å²) in [4.78, 5) is 11.5. The van der Waals surface area contributed by atoms with Crippen molar-refractivity contribution in [1.82, 2.24) is 15.0 Å². The van der Waals surface area contributed by atoms with E-state index < -0.39 is 0 Å². The smallest absolute Gasteiger partial charge is 0.227 e. The maximum atomic E-state index is 5.39. The Balaban J connectivity index is 2.58. The van der Waals surface area contributed by atoms with Crippen LogP contribution in [0.4, 0.5) is 11.9 Å². The summed E-state index contributed by atoms with van der Waals surface area (Å²) in [5.41, 5.74) is 5.39. The number of rotatable bonds is 4. The average molecular weight is 179 g/mol. The van der Waals surface area contributed by atoms with Crippen molar-refractivity contribution in [2.24, 2.45) is 0 Å². The second-order valence-corrected chi connectivity index (χ2v) is 2.74. The zero-order chi connectivity index (χ0) is 9.68. The first kappa shape index (κ1) is 9.44. The Kier molecular flexibility index (Phi) is 3.19. The second kappa shape index (κ2) is 4.39. The molecule has 1 atom stereocenters. The zero-order valence-electron chi connectivity index (χ0n) is 7.57. The summed E-state index contributed by atoms with van der Waals surface area (Å²) >= 11 is 0. The first-order chi connectivity index (χ1) is 6.22. The Hall–Kier alpha value is -1.65. The van der Waals surface area contributed by atoms with E-state index in [1.165, 1.54) is 6.33 Å². The van der Waals surface area contributed by atoms with Crippen LogP contribution in [0.25, 0.3) is 0 Å². The molecule has 1 rings (SSSR count). The number of hydrogen-bond donors (Lipinski definition) is 2. The fourth-order valence-electron chi connectivity index (χ4n) is 0.908. The Morgan fingerprint density at radius 3 is 3.08 bits per heavy atom. The Bertz CT molecular complexity index is 286. The molecule has 1 unspecified atom stereocenters. The van der Waals surface area contributed by atoms with E-state index in [2.05, 4.69) is 26.8 Å². The van der Waals surface area contributed by atoms with Gasteiger partial charge in [-0.1, -0.05) is 6.08 Å². The molecule has 0 saturated heterocycles. The van der Waals surface area contributed by atoms with Crippen LogP contribution in [-0.4, -0.2) is 21.0 Å². The highest BCUT2D eigenvalue weighted by Gasteiger charge is 2.01. The minimum atomic E-state index is 0.225. The van der Waals surface area contributed by atoms with E-state index in [0.717, 1.165) is 6.42 Å². The van der Waals surface area contributed by atoms with E-state index in [1.54, 1.807) is 0 Å². The topological polar surface area (TPSA) is 76.7 Å². The van der Waals surface area contributed by atoms with Crippen molar-refractivity contribution in [3.05, 3.63) is 19.0 Å². The van der Waals surface area contributed by atoms with Crippen molar-refractivity contribution < 1.29 is 0 Å². The van der Waals surface area contributed by atoms with E-state index in [-0.39, 0.29) is 12.0 Å². The molecule has 0 aromatic carbocycles. The number of anilines is 2. The monoisotopic (exact) mass is 179 g/mol. The first-order valence-electron chi connectivity index (χ1n) is 4.04. The maximum Gasteiger partial charge on any atom is 0.227 e. The zero-order valence-corrected chi connectivity index (χ0v) is 7.57. The van der Waals surface area contributed by atoms with Crippen molar-refractivity contribution in [3.8, 4) is 0 Å². The van der Waals surface area contributed by atoms with Gasteiger partial charge in [0, 0.05) is 6.04 Å². The first-order valence-corrected chi connectivity index (χ1v) is 4.04. The Morgan fingerprint density at radius 1 is 1.69 bits per heavy atom. The van der Waals surface area contributed by atoms with Gasteiger partial charge >= 0.3 is 0 Å². The SMILES string of the molecule is C=CCC(C)Nc1ncnc(N)n1. The van der Waals surface area contributed by atoms with E-state index in [9.17, 15) is 0 Å². The van der Waals surface area contributed by atoms with Gasteiger partial charge < -0.3 is 11.1 Å². The van der Waals surface area contributed by atoms with E-state index in [1.807, 2.05) is 13.0 Å². The summed E-state index contributed by atoms with van der Waals surface area (Å²) in [6.45, 7) is 5.66. The van der Waals surface area contributed by atoms with Crippen molar-refractivity contribution in [2.45, 2.75) is 19.4 Å². The van der Waals surface area contributed by atoms with Crippen LogP contribution in [0.5, 0.6) is 0 Å². The second-order valence-electron chi connectivity index (χ2n) is 2.74. The molecule has 0 spiro atoms. The van der Waals surface area contributed by atoms with Gasteiger partial charge in [0.25, 0.3) is 0 Å². The van der Waals surface area contributed by atoms with Gasteiger partial charge in [0.15, 0.2) is 0 Å². The number of hydrogen-bond acceptors (Lipinski definition) is 5. The van der Waals surface area contributed by atoms with Crippen LogP contribution in [0.2, 0.25) is 0 Å². The van der Waals surface area contributed by atoms with Crippen molar-refractivity contribution in [1.29, 1.82) is 0 Å². The third kappa shape index (κ3) is 3.06. The molecule has 3 N–H and O–H groups in total. The molecule has 0 saturated carbocycles. The molecule has 0 bridgehead atoms. The quantitative estimate of drug-likeness (QED) is 0.669. The molecule has 70 valence electrons. The largest absolute Gasteiger partial charge is 0.368 e. The molecule has 0 aliphatic rings. The molecule has 0 radical (unpaired) electrons. The molecule has 13 heavy (non-hydrogen) atoms. The van der Waals surface area contributed by atoms with Crippen molar-refractivity contribution in [3.63, 3.8) is 0 Å². The third-order valence-electron chi connectivity index (χ3n) is 1.49. The molecule has 1 heterocycles. The summed E-state index contributed by atoms with van der Waals surface area (Å²) < 4.78 is 0. The lowest BCUT2D eigenvalue weighted by atomic mass is 10.2. The molecule has 5 nitrogen and oxygen atoms in total. The molecule has 0 fully saturated rings. The number of nitrogens with zero attached hydrogens (tertiary/aromatic N) is 3. The predicted molar refractivity (Wildman–Crippen MR) is 52.1 cm³/mol. The average Bonchev–Trinajstić information content (AvgIpc) is 2.04. The normalized spacial score (nSPS) is 12.1. The summed E-state index contributed by atoms with van der Waals surface area (Å²) in [5, 5.41) is 3.07. The minimum absolute atomic E-state index is 0.225. The lowest BCUT2D eigenvalue weighted by molar-refractivity contribution is 0.796. The number of nitrogens with two attached hydrogens (primary N) is 1. The lowest BCUT2D eigenvalue weighted by Crippen LogP contribution is -2.16. The van der Waals surface area contributed by atoms with Crippen LogP contribution in [0.1, 0.15) is 13.3 Å². The van der Waals surface area contributed by atoms with Crippen molar-refractivity contribution in [2.75, 3.05) is 11.1 Å². The van der Waals surface area contributed by atoms with Crippen LogP contribution >= 0.6 is 0 Å². The number of nitrogens with one attached hydrogen (secondary N) is 1. The summed E-state index contributed by atoms with van der Waals surface area (Å²) in [6.07, 6.45) is 4.07. The lowest BCUT2D eigenvalue weighted by Gasteiger charge is -2.10. The number of aromatic nitrogens is 3. The van der Waals surface area contributed by atoms with E-state index in [0.29, 0.717) is 5.95 Å². The minimum Gasteiger partial charge on any atom is -0.368 e. The highest BCUT2D eigenvalue weighted by Crippen LogP contribution is 2.02. The van der Waals surface area contributed by atoms with Gasteiger partial charge in [-0.15, -0.1) is 6.58 Å². The van der Waals surface area contributed by atoms with Crippen LogP contribution in [0, 0.1) is 0 Å². The van der Waals surface area contributed by atoms with Crippen LogP contribution in [-0.2, 0) is 0 Å².